The molecule has 3 heteroatoms. The SMILES string of the molecule is CCCNC1CC(C2CCCC2)Oc2ccc(F)cc21. The van der Waals surface area contributed by atoms with Crippen LogP contribution in [-0.4, -0.2) is 12.6 Å². The Balaban J connectivity index is 1.82. The molecular formula is C17H24FNO. The van der Waals surface area contributed by atoms with Crippen molar-refractivity contribution in [1.82, 2.24) is 5.32 Å². The first kappa shape index (κ1) is 13.9. The quantitative estimate of drug-likeness (QED) is 0.890. The van der Waals surface area contributed by atoms with E-state index in [4.69, 9.17) is 4.74 Å². The Bertz CT molecular complexity index is 456. The minimum atomic E-state index is -0.171. The molecule has 1 aromatic rings. The van der Waals surface area contributed by atoms with Crippen molar-refractivity contribution in [3.8, 4) is 5.75 Å². The van der Waals surface area contributed by atoms with E-state index in [-0.39, 0.29) is 11.9 Å². The van der Waals surface area contributed by atoms with Gasteiger partial charge < -0.3 is 10.1 Å². The van der Waals surface area contributed by atoms with E-state index in [9.17, 15) is 4.39 Å². The van der Waals surface area contributed by atoms with Gasteiger partial charge in [-0.3, -0.25) is 0 Å². The Hall–Kier alpha value is -1.09. The van der Waals surface area contributed by atoms with Crippen molar-refractivity contribution in [2.75, 3.05) is 6.54 Å². The predicted molar refractivity (Wildman–Crippen MR) is 78.4 cm³/mol. The van der Waals surface area contributed by atoms with Crippen LogP contribution < -0.4 is 10.1 Å². The summed E-state index contributed by atoms with van der Waals surface area (Å²) in [6, 6.07) is 5.17. The summed E-state index contributed by atoms with van der Waals surface area (Å²) < 4.78 is 19.7. The second kappa shape index (κ2) is 6.13. The van der Waals surface area contributed by atoms with Crippen molar-refractivity contribution in [3.63, 3.8) is 0 Å². The van der Waals surface area contributed by atoms with Crippen LogP contribution in [0.15, 0.2) is 18.2 Å². The molecule has 2 aliphatic rings. The van der Waals surface area contributed by atoms with E-state index in [0.717, 1.165) is 30.7 Å². The topological polar surface area (TPSA) is 21.3 Å². The highest BCUT2D eigenvalue weighted by molar-refractivity contribution is 5.38. The Labute approximate surface area is 120 Å². The van der Waals surface area contributed by atoms with Crippen LogP contribution in [0.2, 0.25) is 0 Å². The van der Waals surface area contributed by atoms with Gasteiger partial charge in [0.1, 0.15) is 17.7 Å². The van der Waals surface area contributed by atoms with E-state index >= 15 is 0 Å². The zero-order chi connectivity index (χ0) is 13.9. The maximum atomic E-state index is 13.5. The molecule has 2 unspecified atom stereocenters. The van der Waals surface area contributed by atoms with E-state index < -0.39 is 0 Å². The predicted octanol–water partition coefficient (Wildman–Crippen LogP) is 4.21. The smallest absolute Gasteiger partial charge is 0.124 e. The standard InChI is InChI=1S/C17H24FNO/c1-2-9-19-15-11-17(12-5-3-4-6-12)20-16-8-7-13(18)10-14(15)16/h7-8,10,12,15,17,19H,2-6,9,11H2,1H3. The molecule has 1 N–H and O–H groups in total. The fourth-order valence-corrected chi connectivity index (χ4v) is 3.60. The molecule has 110 valence electrons. The van der Waals surface area contributed by atoms with Gasteiger partial charge in [0.2, 0.25) is 0 Å². The zero-order valence-electron chi connectivity index (χ0n) is 12.2. The summed E-state index contributed by atoms with van der Waals surface area (Å²) in [6.45, 7) is 3.13. The van der Waals surface area contributed by atoms with Gasteiger partial charge in [-0.2, -0.15) is 0 Å². The number of nitrogens with one attached hydrogen (secondary N) is 1. The number of fused-ring (bicyclic) bond motifs is 1. The van der Waals surface area contributed by atoms with Crippen molar-refractivity contribution in [2.45, 2.75) is 57.6 Å². The average molecular weight is 277 g/mol. The minimum Gasteiger partial charge on any atom is -0.490 e. The van der Waals surface area contributed by atoms with Crippen molar-refractivity contribution in [2.24, 2.45) is 5.92 Å². The summed E-state index contributed by atoms with van der Waals surface area (Å²) in [5.74, 6) is 1.39. The molecule has 0 spiro atoms. The molecule has 1 aliphatic carbocycles. The van der Waals surface area contributed by atoms with E-state index in [1.165, 1.54) is 31.7 Å². The van der Waals surface area contributed by atoms with Gasteiger partial charge >= 0.3 is 0 Å². The number of rotatable bonds is 4. The maximum absolute atomic E-state index is 13.5. The number of halogens is 1. The van der Waals surface area contributed by atoms with Crippen LogP contribution in [0.4, 0.5) is 4.39 Å². The lowest BCUT2D eigenvalue weighted by atomic mass is 9.88. The van der Waals surface area contributed by atoms with Crippen molar-refractivity contribution in [3.05, 3.63) is 29.6 Å². The van der Waals surface area contributed by atoms with Crippen LogP contribution in [0, 0.1) is 11.7 Å². The molecule has 3 rings (SSSR count). The van der Waals surface area contributed by atoms with Crippen molar-refractivity contribution >= 4 is 0 Å². The Morgan fingerprint density at radius 1 is 1.30 bits per heavy atom. The maximum Gasteiger partial charge on any atom is 0.124 e. The molecule has 1 aromatic carbocycles. The van der Waals surface area contributed by atoms with E-state index in [2.05, 4.69) is 12.2 Å². The highest BCUT2D eigenvalue weighted by Crippen LogP contribution is 2.41. The third-order valence-electron chi connectivity index (χ3n) is 4.66. The van der Waals surface area contributed by atoms with Crippen LogP contribution in [0.5, 0.6) is 5.75 Å². The fraction of sp³-hybridized carbons (Fsp3) is 0.647. The van der Waals surface area contributed by atoms with E-state index in [1.54, 1.807) is 12.1 Å². The molecule has 1 aliphatic heterocycles. The lowest BCUT2D eigenvalue weighted by molar-refractivity contribution is 0.0945. The first-order chi connectivity index (χ1) is 9.78. The molecule has 2 atom stereocenters. The first-order valence-electron chi connectivity index (χ1n) is 7.97. The highest BCUT2D eigenvalue weighted by Gasteiger charge is 2.34. The molecule has 2 nitrogen and oxygen atoms in total. The highest BCUT2D eigenvalue weighted by atomic mass is 19.1. The van der Waals surface area contributed by atoms with Crippen LogP contribution in [0.25, 0.3) is 0 Å². The van der Waals surface area contributed by atoms with Gasteiger partial charge in [0.05, 0.1) is 0 Å². The van der Waals surface area contributed by atoms with Gasteiger partial charge in [-0.25, -0.2) is 4.39 Å². The summed E-state index contributed by atoms with van der Waals surface area (Å²) in [7, 11) is 0. The first-order valence-corrected chi connectivity index (χ1v) is 7.97. The summed E-state index contributed by atoms with van der Waals surface area (Å²) >= 11 is 0. The Morgan fingerprint density at radius 3 is 2.85 bits per heavy atom. The second-order valence-corrected chi connectivity index (χ2v) is 6.13. The third kappa shape index (κ3) is 2.83. The van der Waals surface area contributed by atoms with E-state index in [0.29, 0.717) is 12.0 Å². The molecule has 0 amide bonds. The summed E-state index contributed by atoms with van der Waals surface area (Å²) in [6.07, 6.45) is 7.58. The van der Waals surface area contributed by atoms with Crippen LogP contribution in [0.1, 0.15) is 57.1 Å². The van der Waals surface area contributed by atoms with E-state index in [1.807, 2.05) is 0 Å². The minimum absolute atomic E-state index is 0.171. The van der Waals surface area contributed by atoms with Crippen LogP contribution in [0.3, 0.4) is 0 Å². The zero-order valence-corrected chi connectivity index (χ0v) is 12.2. The van der Waals surface area contributed by atoms with Gasteiger partial charge in [-0.1, -0.05) is 19.8 Å². The molecular weight excluding hydrogens is 253 g/mol. The summed E-state index contributed by atoms with van der Waals surface area (Å²) in [4.78, 5) is 0. The van der Waals surface area contributed by atoms with Crippen LogP contribution >= 0.6 is 0 Å². The molecule has 0 bridgehead atoms. The molecule has 1 heterocycles. The molecule has 1 fully saturated rings. The number of benzene rings is 1. The fourth-order valence-electron chi connectivity index (χ4n) is 3.60. The molecule has 1 saturated carbocycles. The lowest BCUT2D eigenvalue weighted by Crippen LogP contribution is -2.37. The largest absolute Gasteiger partial charge is 0.490 e. The molecule has 20 heavy (non-hydrogen) atoms. The molecule has 0 radical (unpaired) electrons. The van der Waals surface area contributed by atoms with Gasteiger partial charge in [0.25, 0.3) is 0 Å². The second-order valence-electron chi connectivity index (χ2n) is 6.13. The van der Waals surface area contributed by atoms with Gasteiger partial charge in [-0.05, 0) is 49.9 Å². The number of hydrogen-bond acceptors (Lipinski definition) is 2. The monoisotopic (exact) mass is 277 g/mol. The number of ether oxygens (including phenoxy) is 1. The Morgan fingerprint density at radius 2 is 2.10 bits per heavy atom. The average Bonchev–Trinajstić information content (AvgIpc) is 2.99. The number of hydrogen-bond donors (Lipinski definition) is 1. The lowest BCUT2D eigenvalue weighted by Gasteiger charge is -2.35. The Kier molecular flexibility index (Phi) is 4.25. The van der Waals surface area contributed by atoms with Gasteiger partial charge in [-0.15, -0.1) is 0 Å². The summed E-state index contributed by atoms with van der Waals surface area (Å²) in [5, 5.41) is 3.56. The van der Waals surface area contributed by atoms with Crippen molar-refractivity contribution in [1.29, 1.82) is 0 Å². The van der Waals surface area contributed by atoms with Crippen LogP contribution in [-0.2, 0) is 0 Å². The normalized spacial score (nSPS) is 26.3. The van der Waals surface area contributed by atoms with Crippen molar-refractivity contribution < 1.29 is 9.13 Å². The summed E-state index contributed by atoms with van der Waals surface area (Å²) in [5.41, 5.74) is 0.993. The molecule has 0 aromatic heterocycles. The van der Waals surface area contributed by atoms with Gasteiger partial charge in [0.15, 0.2) is 0 Å². The molecule has 0 saturated heterocycles. The third-order valence-corrected chi connectivity index (χ3v) is 4.66. The van der Waals surface area contributed by atoms with Gasteiger partial charge in [0, 0.05) is 18.0 Å².